The summed E-state index contributed by atoms with van der Waals surface area (Å²) in [7, 11) is 0. The molecular formula is C27H21ClF4N4O7S. The second-order valence-corrected chi connectivity index (χ2v) is 10.9. The summed E-state index contributed by atoms with van der Waals surface area (Å²) in [4.78, 5) is 36.0. The summed E-state index contributed by atoms with van der Waals surface area (Å²) in [6.07, 6.45) is -2.92. The molecule has 1 aliphatic rings. The Kier molecular flexibility index (Phi) is 10.1. The van der Waals surface area contributed by atoms with Crippen molar-refractivity contribution in [2.45, 2.75) is 55.5 Å². The van der Waals surface area contributed by atoms with Gasteiger partial charge in [-0.3, -0.25) is 14.4 Å². The molecule has 0 saturated carbocycles. The van der Waals surface area contributed by atoms with Gasteiger partial charge in [-0.1, -0.05) is 28.6 Å². The minimum absolute atomic E-state index is 0.0817. The van der Waals surface area contributed by atoms with E-state index >= 15 is 4.39 Å². The Morgan fingerprint density at radius 3 is 2.23 bits per heavy atom. The van der Waals surface area contributed by atoms with Crippen LogP contribution in [0.1, 0.15) is 32.4 Å². The molecule has 1 fully saturated rings. The second-order valence-electron chi connectivity index (χ2n) is 9.31. The maximum Gasteiger partial charge on any atom is 0.303 e. The van der Waals surface area contributed by atoms with Crippen molar-refractivity contribution in [1.82, 2.24) is 15.0 Å². The zero-order valence-corrected chi connectivity index (χ0v) is 24.5. The monoisotopic (exact) mass is 656 g/mol. The first kappa shape index (κ1) is 32.7. The molecule has 0 aliphatic carbocycles. The molecule has 5 atom stereocenters. The highest BCUT2D eigenvalue weighted by Crippen LogP contribution is 2.43. The molecule has 5 unspecified atom stereocenters. The van der Waals surface area contributed by atoms with E-state index in [9.17, 15) is 32.8 Å². The molecule has 0 radical (unpaired) electrons. The van der Waals surface area contributed by atoms with Gasteiger partial charge in [0.2, 0.25) is 0 Å². The van der Waals surface area contributed by atoms with E-state index in [0.717, 1.165) is 37.6 Å². The molecular weight excluding hydrogens is 636 g/mol. The van der Waals surface area contributed by atoms with Crippen LogP contribution >= 0.6 is 23.4 Å². The molecule has 232 valence electrons. The molecule has 4 rings (SSSR count). The lowest BCUT2D eigenvalue weighted by Crippen LogP contribution is -2.57. The van der Waals surface area contributed by atoms with Crippen LogP contribution in [-0.4, -0.2) is 63.3 Å². The van der Waals surface area contributed by atoms with Gasteiger partial charge in [0.1, 0.15) is 41.8 Å². The van der Waals surface area contributed by atoms with Crippen molar-refractivity contribution in [3.05, 3.63) is 64.3 Å². The van der Waals surface area contributed by atoms with Gasteiger partial charge in [-0.05, 0) is 24.3 Å². The van der Waals surface area contributed by atoms with Crippen LogP contribution in [0.15, 0.2) is 35.4 Å². The average molecular weight is 657 g/mol. The van der Waals surface area contributed by atoms with Gasteiger partial charge >= 0.3 is 17.9 Å². The first-order valence-corrected chi connectivity index (χ1v) is 13.8. The number of carbonyl (C=O) groups is 3. The maximum atomic E-state index is 15.0. The predicted molar refractivity (Wildman–Crippen MR) is 143 cm³/mol. The third-order valence-corrected chi connectivity index (χ3v) is 7.64. The lowest BCUT2D eigenvalue weighted by atomic mass is 9.96. The van der Waals surface area contributed by atoms with Gasteiger partial charge in [0, 0.05) is 31.2 Å². The Morgan fingerprint density at radius 1 is 1.00 bits per heavy atom. The highest BCUT2D eigenvalue weighted by molar-refractivity contribution is 7.99. The standard InChI is InChI=1S/C27H21ClF4N4O7S/c1-11(37)40-10-21-25(41-12(2)38)24(36-9-20(34-35-36)14-4-18(30)23(32)19(31)5-14)26(42-13(3)39)27(43-21)44-22-7-16(28)15(8-33)6-17(22)29/h4-7,9,21,24-27H,10H2,1-3H3. The van der Waals surface area contributed by atoms with Crippen LogP contribution in [0.4, 0.5) is 17.6 Å². The van der Waals surface area contributed by atoms with E-state index < -0.39 is 77.6 Å². The summed E-state index contributed by atoms with van der Waals surface area (Å²) >= 11 is 6.80. The van der Waals surface area contributed by atoms with Crippen LogP contribution in [0, 0.1) is 34.6 Å². The van der Waals surface area contributed by atoms with Gasteiger partial charge in [0.05, 0.1) is 16.8 Å². The van der Waals surface area contributed by atoms with Gasteiger partial charge in [0.15, 0.2) is 29.7 Å². The van der Waals surface area contributed by atoms with Gasteiger partial charge in [-0.2, -0.15) is 5.26 Å². The molecule has 2 heterocycles. The van der Waals surface area contributed by atoms with Gasteiger partial charge < -0.3 is 18.9 Å². The number of hydrogen-bond donors (Lipinski definition) is 0. The Labute approximate surface area is 255 Å². The number of hydrogen-bond acceptors (Lipinski definition) is 11. The minimum Gasteiger partial charge on any atom is -0.463 e. The highest BCUT2D eigenvalue weighted by atomic mass is 35.5. The Morgan fingerprint density at radius 2 is 1.64 bits per heavy atom. The van der Waals surface area contributed by atoms with E-state index in [2.05, 4.69) is 10.3 Å². The fraction of sp³-hybridized carbons (Fsp3) is 0.333. The molecule has 0 bridgehead atoms. The molecule has 1 aliphatic heterocycles. The molecule has 3 aromatic rings. The van der Waals surface area contributed by atoms with Crippen LogP contribution in [-0.2, 0) is 33.3 Å². The molecule has 0 N–H and O–H groups in total. The normalized spacial score (nSPS) is 21.3. The Bertz CT molecular complexity index is 1630. The van der Waals surface area contributed by atoms with E-state index in [0.29, 0.717) is 23.9 Å². The van der Waals surface area contributed by atoms with E-state index in [1.807, 2.05) is 0 Å². The van der Waals surface area contributed by atoms with E-state index in [1.54, 1.807) is 6.07 Å². The van der Waals surface area contributed by atoms with Crippen molar-refractivity contribution in [2.24, 2.45) is 0 Å². The number of benzene rings is 2. The highest BCUT2D eigenvalue weighted by Gasteiger charge is 2.52. The molecule has 0 spiro atoms. The van der Waals surface area contributed by atoms with Crippen molar-refractivity contribution in [2.75, 3.05) is 6.61 Å². The molecule has 17 heteroatoms. The number of nitrogens with zero attached hydrogens (tertiary/aromatic N) is 4. The number of carbonyl (C=O) groups excluding carboxylic acids is 3. The van der Waals surface area contributed by atoms with Crippen molar-refractivity contribution in [3.8, 4) is 17.3 Å². The SMILES string of the molecule is CC(=O)OCC1OC(Sc2cc(Cl)c(C#N)cc2F)C(OC(C)=O)C(n2cc(-c3cc(F)c(F)c(F)c3)nn2)C1OC(C)=O. The largest absolute Gasteiger partial charge is 0.463 e. The number of esters is 3. The summed E-state index contributed by atoms with van der Waals surface area (Å²) in [5, 5.41) is 17.0. The zero-order chi connectivity index (χ0) is 32.3. The van der Waals surface area contributed by atoms with Gasteiger partial charge in [-0.15, -0.1) is 5.10 Å². The fourth-order valence-corrected chi connectivity index (χ4v) is 5.79. The topological polar surface area (TPSA) is 143 Å². The van der Waals surface area contributed by atoms with Gasteiger partial charge in [-0.25, -0.2) is 22.2 Å². The first-order chi connectivity index (χ1) is 20.8. The van der Waals surface area contributed by atoms with Crippen molar-refractivity contribution < 1.29 is 50.9 Å². The number of rotatable bonds is 8. The Hall–Kier alpha value is -4.20. The second kappa shape index (κ2) is 13.6. The zero-order valence-electron chi connectivity index (χ0n) is 22.9. The lowest BCUT2D eigenvalue weighted by molar-refractivity contribution is -0.212. The molecule has 1 aromatic heterocycles. The third-order valence-electron chi connectivity index (χ3n) is 6.15. The van der Waals surface area contributed by atoms with E-state index in [4.69, 9.17) is 30.5 Å². The molecule has 1 saturated heterocycles. The summed E-state index contributed by atoms with van der Waals surface area (Å²) in [6.45, 7) is 2.78. The molecule has 0 amide bonds. The average Bonchev–Trinajstić information content (AvgIpc) is 3.43. The Balaban J connectivity index is 1.85. The van der Waals surface area contributed by atoms with Crippen LogP contribution in [0.25, 0.3) is 11.3 Å². The quantitative estimate of drug-likeness (QED) is 0.146. The van der Waals surface area contributed by atoms with Gasteiger partial charge in [0.25, 0.3) is 0 Å². The number of nitriles is 1. The summed E-state index contributed by atoms with van der Waals surface area (Å²) < 4.78 is 79.8. The van der Waals surface area contributed by atoms with Crippen LogP contribution in [0.3, 0.4) is 0 Å². The molecule has 11 nitrogen and oxygen atoms in total. The van der Waals surface area contributed by atoms with Crippen LogP contribution in [0.2, 0.25) is 5.02 Å². The number of aromatic nitrogens is 3. The number of halogens is 5. The molecule has 44 heavy (non-hydrogen) atoms. The minimum atomic E-state index is -1.70. The fourth-order valence-electron chi connectivity index (χ4n) is 4.37. The first-order valence-electron chi connectivity index (χ1n) is 12.5. The maximum absolute atomic E-state index is 15.0. The summed E-state index contributed by atoms with van der Waals surface area (Å²) in [5.41, 5.74) is -1.81. The van der Waals surface area contributed by atoms with E-state index in [-0.39, 0.29) is 26.7 Å². The van der Waals surface area contributed by atoms with Crippen LogP contribution in [0.5, 0.6) is 0 Å². The smallest absolute Gasteiger partial charge is 0.303 e. The third kappa shape index (κ3) is 7.29. The number of thioether (sulfide) groups is 1. The van der Waals surface area contributed by atoms with Crippen molar-refractivity contribution in [3.63, 3.8) is 0 Å². The summed E-state index contributed by atoms with van der Waals surface area (Å²) in [6, 6.07) is 3.86. The van der Waals surface area contributed by atoms with E-state index in [1.165, 1.54) is 6.20 Å². The lowest BCUT2D eigenvalue weighted by Gasteiger charge is -2.44. The van der Waals surface area contributed by atoms with Crippen molar-refractivity contribution in [1.29, 1.82) is 5.26 Å². The number of ether oxygens (including phenoxy) is 4. The van der Waals surface area contributed by atoms with Crippen molar-refractivity contribution >= 4 is 41.3 Å². The molecule has 2 aromatic carbocycles. The van der Waals surface area contributed by atoms with Crippen LogP contribution < -0.4 is 0 Å². The summed E-state index contributed by atoms with van der Waals surface area (Å²) in [5.74, 6) is -7.91. The predicted octanol–water partition coefficient (Wildman–Crippen LogP) is 4.51.